The van der Waals surface area contributed by atoms with Gasteiger partial charge in [0.1, 0.15) is 12.4 Å². The van der Waals surface area contributed by atoms with E-state index in [1.54, 1.807) is 19.5 Å². The molecule has 0 amide bonds. The molecule has 1 saturated heterocycles. The number of aromatic nitrogens is 5. The average Bonchev–Trinajstić information content (AvgIpc) is 3.06. The molecule has 0 bridgehead atoms. The molecule has 1 aliphatic rings. The second-order valence-electron chi connectivity index (χ2n) is 6.66. The number of methoxy groups -OCH3 is 1. The largest absolute Gasteiger partial charge is 0.385 e. The van der Waals surface area contributed by atoms with Crippen LogP contribution in [0, 0.1) is 6.92 Å². The molecule has 0 atom stereocenters. The maximum absolute atomic E-state index is 5.14. The molecular formula is C18H30IN9O. The molecule has 10 nitrogen and oxygen atoms in total. The van der Waals surface area contributed by atoms with Gasteiger partial charge in [0.25, 0.3) is 0 Å². The van der Waals surface area contributed by atoms with Crippen LogP contribution < -0.4 is 10.2 Å². The van der Waals surface area contributed by atoms with Gasteiger partial charge < -0.3 is 24.4 Å². The molecule has 0 aromatic carbocycles. The Bertz CT molecular complexity index is 760. The predicted octanol–water partition coefficient (Wildman–Crippen LogP) is 0.836. The molecule has 1 aliphatic heterocycles. The van der Waals surface area contributed by atoms with E-state index in [0.717, 1.165) is 69.3 Å². The number of guanidine groups is 1. The number of nitrogens with one attached hydrogen (secondary N) is 1. The monoisotopic (exact) mass is 515 g/mol. The normalized spacial score (nSPS) is 14.7. The topological polar surface area (TPSA) is 96.6 Å². The van der Waals surface area contributed by atoms with Crippen molar-refractivity contribution in [2.45, 2.75) is 19.9 Å². The Labute approximate surface area is 188 Å². The zero-order chi connectivity index (χ0) is 19.8. The summed E-state index contributed by atoms with van der Waals surface area (Å²) in [7, 11) is 3.68. The molecule has 0 saturated carbocycles. The predicted molar refractivity (Wildman–Crippen MR) is 123 cm³/mol. The summed E-state index contributed by atoms with van der Waals surface area (Å²) in [6.07, 6.45) is 4.49. The molecule has 11 heteroatoms. The van der Waals surface area contributed by atoms with Crippen LogP contribution in [0.1, 0.15) is 18.1 Å². The van der Waals surface area contributed by atoms with Gasteiger partial charge in [0.15, 0.2) is 11.8 Å². The van der Waals surface area contributed by atoms with Gasteiger partial charge in [-0.25, -0.2) is 15.0 Å². The van der Waals surface area contributed by atoms with Crippen LogP contribution in [0.3, 0.4) is 0 Å². The van der Waals surface area contributed by atoms with Crippen LogP contribution in [0.5, 0.6) is 0 Å². The lowest BCUT2D eigenvalue weighted by atomic mass is 10.3. The highest BCUT2D eigenvalue weighted by Crippen LogP contribution is 2.10. The maximum Gasteiger partial charge on any atom is 0.225 e. The second kappa shape index (κ2) is 11.9. The van der Waals surface area contributed by atoms with Crippen molar-refractivity contribution in [2.75, 3.05) is 51.3 Å². The summed E-state index contributed by atoms with van der Waals surface area (Å²) in [6.45, 7) is 7.38. The summed E-state index contributed by atoms with van der Waals surface area (Å²) >= 11 is 0. The zero-order valence-corrected chi connectivity index (χ0v) is 19.6. The van der Waals surface area contributed by atoms with Gasteiger partial charge in [0.2, 0.25) is 5.95 Å². The highest BCUT2D eigenvalue weighted by molar-refractivity contribution is 14.0. The third kappa shape index (κ3) is 6.49. The molecule has 29 heavy (non-hydrogen) atoms. The van der Waals surface area contributed by atoms with E-state index in [4.69, 9.17) is 9.73 Å². The summed E-state index contributed by atoms with van der Waals surface area (Å²) in [6, 6.07) is 1.84. The fraction of sp³-hybridized carbons (Fsp3) is 0.611. The van der Waals surface area contributed by atoms with Crippen LogP contribution in [0.25, 0.3) is 0 Å². The number of nitrogens with zero attached hydrogens (tertiary/aromatic N) is 8. The summed E-state index contributed by atoms with van der Waals surface area (Å²) in [4.78, 5) is 18.0. The quantitative estimate of drug-likeness (QED) is 0.251. The third-order valence-corrected chi connectivity index (χ3v) is 4.78. The van der Waals surface area contributed by atoms with Gasteiger partial charge in [-0.1, -0.05) is 0 Å². The average molecular weight is 515 g/mol. The molecule has 0 spiro atoms. The maximum atomic E-state index is 5.14. The van der Waals surface area contributed by atoms with Crippen LogP contribution in [0.15, 0.2) is 23.5 Å². The van der Waals surface area contributed by atoms with E-state index in [9.17, 15) is 0 Å². The third-order valence-electron chi connectivity index (χ3n) is 4.78. The molecular weight excluding hydrogens is 485 g/mol. The lowest BCUT2D eigenvalue weighted by molar-refractivity contribution is 0.195. The summed E-state index contributed by atoms with van der Waals surface area (Å²) in [5, 5.41) is 11.8. The van der Waals surface area contributed by atoms with E-state index < -0.39 is 0 Å². The van der Waals surface area contributed by atoms with Crippen molar-refractivity contribution in [3.63, 3.8) is 0 Å². The van der Waals surface area contributed by atoms with Gasteiger partial charge in [-0.3, -0.25) is 0 Å². The Balaban J connectivity index is 0.00000300. The molecule has 3 rings (SSSR count). The summed E-state index contributed by atoms with van der Waals surface area (Å²) in [5.41, 5.74) is 0. The first-order valence-electron chi connectivity index (χ1n) is 9.58. The number of aryl methyl sites for hydroxylation is 1. The smallest absolute Gasteiger partial charge is 0.225 e. The van der Waals surface area contributed by atoms with Crippen molar-refractivity contribution < 1.29 is 4.74 Å². The number of anilines is 1. The van der Waals surface area contributed by atoms with Crippen LogP contribution in [-0.4, -0.2) is 82.0 Å². The minimum absolute atomic E-state index is 0. The van der Waals surface area contributed by atoms with Gasteiger partial charge in [-0.05, 0) is 19.4 Å². The molecule has 2 aromatic heterocycles. The van der Waals surface area contributed by atoms with Crippen LogP contribution in [0.4, 0.5) is 5.95 Å². The first-order chi connectivity index (χ1) is 13.7. The first-order valence-corrected chi connectivity index (χ1v) is 9.58. The van der Waals surface area contributed by atoms with Crippen molar-refractivity contribution in [3.8, 4) is 0 Å². The number of aliphatic imine (C=N–C) groups is 1. The molecule has 160 valence electrons. The number of ether oxygens (including phenoxy) is 1. The molecule has 1 fully saturated rings. The summed E-state index contributed by atoms with van der Waals surface area (Å²) < 4.78 is 7.11. The Hall–Kier alpha value is -2.02. The van der Waals surface area contributed by atoms with Crippen molar-refractivity contribution in [3.05, 3.63) is 30.1 Å². The summed E-state index contributed by atoms with van der Waals surface area (Å²) in [5.74, 6) is 3.41. The Morgan fingerprint density at radius 3 is 2.52 bits per heavy atom. The first kappa shape index (κ1) is 23.3. The highest BCUT2D eigenvalue weighted by atomic mass is 127. The van der Waals surface area contributed by atoms with Crippen molar-refractivity contribution in [1.29, 1.82) is 0 Å². The number of rotatable bonds is 7. The number of halogens is 1. The van der Waals surface area contributed by atoms with E-state index in [-0.39, 0.29) is 24.0 Å². The minimum atomic E-state index is 0. The fourth-order valence-corrected chi connectivity index (χ4v) is 2.99. The van der Waals surface area contributed by atoms with E-state index in [2.05, 4.69) is 35.3 Å². The molecule has 0 radical (unpaired) electrons. The SMILES string of the molecule is COCCCNC(=NCc1nnc(C)n1C)N1CCN(c2ncccn2)CC1.I. The van der Waals surface area contributed by atoms with Gasteiger partial charge in [-0.2, -0.15) is 0 Å². The van der Waals surface area contributed by atoms with Gasteiger partial charge >= 0.3 is 0 Å². The van der Waals surface area contributed by atoms with Crippen molar-refractivity contribution in [2.24, 2.45) is 12.0 Å². The highest BCUT2D eigenvalue weighted by Gasteiger charge is 2.21. The Kier molecular flexibility index (Phi) is 9.51. The van der Waals surface area contributed by atoms with Gasteiger partial charge in [0.05, 0.1) is 0 Å². The van der Waals surface area contributed by atoms with E-state index in [0.29, 0.717) is 6.54 Å². The molecule has 2 aromatic rings. The van der Waals surface area contributed by atoms with Crippen molar-refractivity contribution in [1.82, 2.24) is 34.9 Å². The standard InChI is InChI=1S/C18H29N9O.HI/c1-15-23-24-16(25(15)2)14-22-18(21-8-5-13-28-3)27-11-9-26(10-12-27)17-19-6-4-7-20-17;/h4,6-7H,5,8-14H2,1-3H3,(H,21,22);1H. The minimum Gasteiger partial charge on any atom is -0.385 e. The van der Waals surface area contributed by atoms with Crippen LogP contribution in [0.2, 0.25) is 0 Å². The van der Waals surface area contributed by atoms with Crippen LogP contribution >= 0.6 is 24.0 Å². The van der Waals surface area contributed by atoms with Gasteiger partial charge in [0, 0.05) is 65.9 Å². The second-order valence-corrected chi connectivity index (χ2v) is 6.66. The Morgan fingerprint density at radius 1 is 1.17 bits per heavy atom. The van der Waals surface area contributed by atoms with E-state index in [1.807, 2.05) is 24.6 Å². The molecule has 1 N–H and O–H groups in total. The van der Waals surface area contributed by atoms with Crippen LogP contribution in [-0.2, 0) is 18.3 Å². The van der Waals surface area contributed by atoms with Crippen molar-refractivity contribution >= 4 is 35.9 Å². The lowest BCUT2D eigenvalue weighted by Crippen LogP contribution is -2.53. The van der Waals surface area contributed by atoms with E-state index >= 15 is 0 Å². The number of hydrogen-bond acceptors (Lipinski definition) is 7. The Morgan fingerprint density at radius 2 is 1.90 bits per heavy atom. The molecule has 0 unspecified atom stereocenters. The fourth-order valence-electron chi connectivity index (χ4n) is 2.99. The molecule has 3 heterocycles. The van der Waals surface area contributed by atoms with Gasteiger partial charge in [-0.15, -0.1) is 34.2 Å². The lowest BCUT2D eigenvalue weighted by Gasteiger charge is -2.36. The zero-order valence-electron chi connectivity index (χ0n) is 17.3. The van der Waals surface area contributed by atoms with E-state index in [1.165, 1.54) is 0 Å². The number of hydrogen-bond donors (Lipinski definition) is 1. The molecule has 0 aliphatic carbocycles. The number of piperazine rings is 1.